The summed E-state index contributed by atoms with van der Waals surface area (Å²) in [6.07, 6.45) is 0. The Balaban J connectivity index is 1.58. The Bertz CT molecular complexity index is 2130. The molecular weight excluding hydrogens is 620 g/mol. The normalized spacial score (nSPS) is 13.9. The molecule has 2 aliphatic carbocycles. The van der Waals surface area contributed by atoms with Gasteiger partial charge in [-0.05, 0) is 92.0 Å². The first kappa shape index (κ1) is 22.9. The highest BCUT2D eigenvalue weighted by Gasteiger charge is 2.50. The number of furan rings is 1. The van der Waals surface area contributed by atoms with Gasteiger partial charge in [-0.3, -0.25) is 0 Å². The van der Waals surface area contributed by atoms with Gasteiger partial charge >= 0.3 is 0 Å². The van der Waals surface area contributed by atoms with Gasteiger partial charge in [0, 0.05) is 19.7 Å². The second kappa shape index (κ2) is 8.06. The van der Waals surface area contributed by atoms with Gasteiger partial charge in [0.05, 0.1) is 5.41 Å². The van der Waals surface area contributed by atoms with Crippen LogP contribution in [-0.2, 0) is 5.41 Å². The zero-order valence-electron chi connectivity index (χ0n) is 21.2. The number of rotatable bonds is 0. The molecule has 7 aromatic rings. The van der Waals surface area contributed by atoms with E-state index in [4.69, 9.17) is 4.42 Å². The van der Waals surface area contributed by atoms with Gasteiger partial charge < -0.3 is 4.42 Å². The second-order valence-corrected chi connectivity index (χ2v) is 12.5. The molecule has 1 nitrogen and oxygen atoms in total. The summed E-state index contributed by atoms with van der Waals surface area (Å²) in [4.78, 5) is 0. The van der Waals surface area contributed by atoms with E-state index in [1.54, 1.807) is 0 Å². The van der Waals surface area contributed by atoms with Gasteiger partial charge in [-0.1, -0.05) is 117 Å². The summed E-state index contributed by atoms with van der Waals surface area (Å²) >= 11 is 7.73. The molecule has 6 aromatic carbocycles. The van der Waals surface area contributed by atoms with Crippen LogP contribution in [0.4, 0.5) is 0 Å². The number of para-hydroxylation sites is 1. The number of halogens is 2. The van der Waals surface area contributed by atoms with Crippen LogP contribution < -0.4 is 0 Å². The van der Waals surface area contributed by atoms with Crippen molar-refractivity contribution in [3.63, 3.8) is 0 Å². The Hall–Kier alpha value is -3.92. The summed E-state index contributed by atoms with van der Waals surface area (Å²) in [6.45, 7) is 0. The van der Waals surface area contributed by atoms with Crippen molar-refractivity contribution in [2.24, 2.45) is 0 Å². The standard InChI is InChI=1S/C37H20Br2O/c38-21-13-15-25-23-7-1-2-8-24(23)26-16-14-22(39)20-32(26)37(31(25)19-21)29-11-5-3-9-27(29)35-30(37)17-18-34-36(35)28-10-4-6-12-33(28)40-34/h1-20H. The minimum absolute atomic E-state index is 0.532. The molecule has 0 amide bonds. The fourth-order valence-electron chi connectivity index (χ4n) is 7.38. The number of benzene rings is 6. The van der Waals surface area contributed by atoms with Crippen LogP contribution in [0, 0.1) is 0 Å². The Morgan fingerprint density at radius 3 is 1.75 bits per heavy atom. The quantitative estimate of drug-likeness (QED) is 0.161. The van der Waals surface area contributed by atoms with Crippen LogP contribution in [0.5, 0.6) is 0 Å². The van der Waals surface area contributed by atoms with Crippen molar-refractivity contribution in [2.75, 3.05) is 0 Å². The first-order valence-electron chi connectivity index (χ1n) is 13.4. The first-order valence-corrected chi connectivity index (χ1v) is 15.0. The summed E-state index contributed by atoms with van der Waals surface area (Å²) in [5.41, 5.74) is 14.0. The van der Waals surface area contributed by atoms with Crippen LogP contribution in [0.1, 0.15) is 22.3 Å². The molecule has 2 aliphatic rings. The van der Waals surface area contributed by atoms with E-state index in [1.165, 1.54) is 61.0 Å². The highest BCUT2D eigenvalue weighted by atomic mass is 79.9. The first-order chi connectivity index (χ1) is 19.7. The van der Waals surface area contributed by atoms with Crippen LogP contribution in [0.2, 0.25) is 0 Å². The molecule has 0 unspecified atom stereocenters. The van der Waals surface area contributed by atoms with Crippen LogP contribution >= 0.6 is 31.9 Å². The molecule has 0 saturated heterocycles. The fraction of sp³-hybridized carbons (Fsp3) is 0.0270. The van der Waals surface area contributed by atoms with Crippen molar-refractivity contribution < 1.29 is 4.42 Å². The van der Waals surface area contributed by atoms with E-state index in [2.05, 4.69) is 147 Å². The Morgan fingerprint density at radius 2 is 1.05 bits per heavy atom. The Kier molecular flexibility index (Phi) is 4.61. The highest BCUT2D eigenvalue weighted by Crippen LogP contribution is 2.63. The van der Waals surface area contributed by atoms with E-state index in [1.807, 2.05) is 6.07 Å². The van der Waals surface area contributed by atoms with E-state index in [0.29, 0.717) is 0 Å². The maximum atomic E-state index is 6.41. The SMILES string of the molecule is Brc1ccc2c(c1)C1(c3cc(Br)ccc3-c3ccccc3-2)c2ccccc2-c2c1ccc1oc3ccccc3c21. The van der Waals surface area contributed by atoms with E-state index < -0.39 is 5.41 Å². The summed E-state index contributed by atoms with van der Waals surface area (Å²) < 4.78 is 8.55. The smallest absolute Gasteiger partial charge is 0.136 e. The van der Waals surface area contributed by atoms with E-state index in [-0.39, 0.29) is 0 Å². The summed E-state index contributed by atoms with van der Waals surface area (Å²) in [6, 6.07) is 44.3. The van der Waals surface area contributed by atoms with Crippen LogP contribution in [0.15, 0.2) is 135 Å². The molecule has 1 heterocycles. The van der Waals surface area contributed by atoms with E-state index in [9.17, 15) is 0 Å². The summed E-state index contributed by atoms with van der Waals surface area (Å²) in [5.74, 6) is 0. The lowest BCUT2D eigenvalue weighted by Crippen LogP contribution is -2.29. The molecule has 40 heavy (non-hydrogen) atoms. The third kappa shape index (κ3) is 2.77. The van der Waals surface area contributed by atoms with Crippen LogP contribution in [-0.4, -0.2) is 0 Å². The lowest BCUT2D eigenvalue weighted by molar-refractivity contribution is 0.668. The molecule has 1 spiro atoms. The second-order valence-electron chi connectivity index (χ2n) is 10.7. The maximum absolute atomic E-state index is 6.41. The van der Waals surface area contributed by atoms with Gasteiger partial charge in [-0.15, -0.1) is 0 Å². The average Bonchev–Trinajstić information content (AvgIpc) is 3.48. The van der Waals surface area contributed by atoms with Gasteiger partial charge in [0.15, 0.2) is 0 Å². The Morgan fingerprint density at radius 1 is 0.450 bits per heavy atom. The number of fused-ring (bicyclic) bond motifs is 16. The van der Waals surface area contributed by atoms with Crippen molar-refractivity contribution in [1.82, 2.24) is 0 Å². The third-order valence-electron chi connectivity index (χ3n) is 8.83. The lowest BCUT2D eigenvalue weighted by Gasteiger charge is -2.35. The largest absolute Gasteiger partial charge is 0.456 e. The number of hydrogen-bond donors (Lipinski definition) is 0. The molecule has 0 atom stereocenters. The molecule has 3 heteroatoms. The summed E-state index contributed by atoms with van der Waals surface area (Å²) in [7, 11) is 0. The van der Waals surface area contributed by atoms with E-state index >= 15 is 0 Å². The molecule has 1 aromatic heterocycles. The highest BCUT2D eigenvalue weighted by molar-refractivity contribution is 9.10. The van der Waals surface area contributed by atoms with Crippen LogP contribution in [0.25, 0.3) is 55.3 Å². The monoisotopic (exact) mass is 638 g/mol. The average molecular weight is 640 g/mol. The zero-order chi connectivity index (χ0) is 26.6. The molecule has 188 valence electrons. The summed E-state index contributed by atoms with van der Waals surface area (Å²) in [5, 5.41) is 2.34. The minimum Gasteiger partial charge on any atom is -0.456 e. The van der Waals surface area contributed by atoms with Gasteiger partial charge in [0.2, 0.25) is 0 Å². The topological polar surface area (TPSA) is 13.1 Å². The zero-order valence-corrected chi connectivity index (χ0v) is 24.4. The van der Waals surface area contributed by atoms with Gasteiger partial charge in [-0.25, -0.2) is 0 Å². The molecule has 9 rings (SSSR count). The van der Waals surface area contributed by atoms with Crippen molar-refractivity contribution in [3.8, 4) is 33.4 Å². The molecule has 0 aliphatic heterocycles. The predicted molar refractivity (Wildman–Crippen MR) is 171 cm³/mol. The van der Waals surface area contributed by atoms with E-state index in [0.717, 1.165) is 25.5 Å². The van der Waals surface area contributed by atoms with Crippen molar-refractivity contribution in [1.29, 1.82) is 0 Å². The van der Waals surface area contributed by atoms with Gasteiger partial charge in [-0.2, -0.15) is 0 Å². The fourth-order valence-corrected chi connectivity index (χ4v) is 8.11. The van der Waals surface area contributed by atoms with Gasteiger partial charge in [0.1, 0.15) is 11.2 Å². The number of hydrogen-bond acceptors (Lipinski definition) is 1. The maximum Gasteiger partial charge on any atom is 0.136 e. The minimum atomic E-state index is -0.532. The van der Waals surface area contributed by atoms with Crippen LogP contribution in [0.3, 0.4) is 0 Å². The molecule has 0 N–H and O–H groups in total. The predicted octanol–water partition coefficient (Wildman–Crippen LogP) is 11.1. The molecule has 0 saturated carbocycles. The van der Waals surface area contributed by atoms with Gasteiger partial charge in [0.25, 0.3) is 0 Å². The molecule has 0 fully saturated rings. The third-order valence-corrected chi connectivity index (χ3v) is 9.81. The molecule has 0 bridgehead atoms. The van der Waals surface area contributed by atoms with Crippen molar-refractivity contribution in [3.05, 3.63) is 153 Å². The Labute approximate surface area is 248 Å². The molecular formula is C37H20Br2O. The van der Waals surface area contributed by atoms with Crippen molar-refractivity contribution >= 4 is 53.8 Å². The van der Waals surface area contributed by atoms with Crippen molar-refractivity contribution in [2.45, 2.75) is 5.41 Å². The molecule has 0 radical (unpaired) electrons. The lowest BCUT2D eigenvalue weighted by atomic mass is 9.66.